The number of carbonyl (C=O) groups excluding carboxylic acids is 2. The van der Waals surface area contributed by atoms with Crippen molar-refractivity contribution < 1.29 is 9.59 Å². The maximum absolute atomic E-state index is 12.6. The van der Waals surface area contributed by atoms with Crippen molar-refractivity contribution in [2.75, 3.05) is 23.7 Å². The summed E-state index contributed by atoms with van der Waals surface area (Å²) < 4.78 is 0. The molecule has 24 heavy (non-hydrogen) atoms. The molecule has 1 aliphatic heterocycles. The van der Waals surface area contributed by atoms with E-state index in [0.29, 0.717) is 11.8 Å². The predicted molar refractivity (Wildman–Crippen MR) is 96.1 cm³/mol. The number of benzene rings is 1. The Morgan fingerprint density at radius 3 is 2.38 bits per heavy atom. The first kappa shape index (κ1) is 16.8. The van der Waals surface area contributed by atoms with E-state index >= 15 is 0 Å². The van der Waals surface area contributed by atoms with Crippen LogP contribution in [0.5, 0.6) is 0 Å². The minimum atomic E-state index is -0.0535. The summed E-state index contributed by atoms with van der Waals surface area (Å²) in [6.07, 6.45) is 3.13. The number of piperidine rings is 1. The number of carbonyl (C=O) groups is 2. The second-order valence-electron chi connectivity index (χ2n) is 7.57. The third-order valence-electron chi connectivity index (χ3n) is 4.85. The lowest BCUT2D eigenvalue weighted by atomic mass is 9.92. The Balaban J connectivity index is 1.66. The molecule has 1 aromatic rings. The number of nitrogens with one attached hydrogen (secondary N) is 2. The molecule has 3 amide bonds. The highest BCUT2D eigenvalue weighted by molar-refractivity contribution is 5.96. The van der Waals surface area contributed by atoms with E-state index in [1.54, 1.807) is 0 Å². The van der Waals surface area contributed by atoms with Crippen LogP contribution in [0.2, 0.25) is 0 Å². The summed E-state index contributed by atoms with van der Waals surface area (Å²) in [4.78, 5) is 26.4. The standard InChI is InChI=1S/C19H27N3O2/c1-12-8-13(2)11-22(10-12)19(24)21-17-9-16(7-4-14(17)3)20-18(23)15-5-6-15/h4,7,9,12-13,15H,5-6,8,10-11H2,1-3H3,(H,20,23)(H,21,24)/t12-,13-/m1/s1. The largest absolute Gasteiger partial charge is 0.326 e. The van der Waals surface area contributed by atoms with E-state index in [9.17, 15) is 9.59 Å². The van der Waals surface area contributed by atoms with Crippen LogP contribution in [0.15, 0.2) is 18.2 Å². The van der Waals surface area contributed by atoms with Gasteiger partial charge < -0.3 is 15.5 Å². The average molecular weight is 329 g/mol. The maximum Gasteiger partial charge on any atom is 0.321 e. The Bertz CT molecular complexity index is 629. The van der Waals surface area contributed by atoms with Crippen molar-refractivity contribution in [1.82, 2.24) is 4.90 Å². The Kier molecular flexibility index (Phi) is 4.78. The van der Waals surface area contributed by atoms with E-state index in [1.165, 1.54) is 6.42 Å². The zero-order valence-electron chi connectivity index (χ0n) is 14.8. The minimum Gasteiger partial charge on any atom is -0.326 e. The lowest BCUT2D eigenvalue weighted by Crippen LogP contribution is -2.44. The Morgan fingerprint density at radius 1 is 1.08 bits per heavy atom. The normalized spacial score (nSPS) is 23.7. The molecule has 1 aliphatic carbocycles. The van der Waals surface area contributed by atoms with Gasteiger partial charge in [-0.1, -0.05) is 19.9 Å². The van der Waals surface area contributed by atoms with Crippen molar-refractivity contribution in [2.24, 2.45) is 17.8 Å². The van der Waals surface area contributed by atoms with Crippen molar-refractivity contribution in [3.63, 3.8) is 0 Å². The van der Waals surface area contributed by atoms with Crippen LogP contribution in [0.25, 0.3) is 0 Å². The highest BCUT2D eigenvalue weighted by Gasteiger charge is 2.29. The SMILES string of the molecule is Cc1ccc(NC(=O)C2CC2)cc1NC(=O)N1C[C@H](C)C[C@@H](C)C1. The zero-order valence-corrected chi connectivity index (χ0v) is 14.8. The number of urea groups is 1. The zero-order chi connectivity index (χ0) is 17.3. The molecule has 130 valence electrons. The van der Waals surface area contributed by atoms with Crippen LogP contribution in [0.1, 0.15) is 38.7 Å². The molecule has 2 atom stereocenters. The molecular formula is C19H27N3O2. The van der Waals surface area contributed by atoms with Crippen molar-refractivity contribution >= 4 is 23.3 Å². The highest BCUT2D eigenvalue weighted by Crippen LogP contribution is 2.31. The molecule has 3 rings (SSSR count). The molecule has 1 heterocycles. The van der Waals surface area contributed by atoms with Gasteiger partial charge in [0.05, 0.1) is 0 Å². The van der Waals surface area contributed by atoms with Gasteiger partial charge in [-0.15, -0.1) is 0 Å². The summed E-state index contributed by atoms with van der Waals surface area (Å²) in [5.74, 6) is 1.31. The van der Waals surface area contributed by atoms with Gasteiger partial charge in [0, 0.05) is 30.4 Å². The lowest BCUT2D eigenvalue weighted by molar-refractivity contribution is -0.117. The Labute approximate surface area is 143 Å². The average Bonchev–Trinajstić information content (AvgIpc) is 3.34. The highest BCUT2D eigenvalue weighted by atomic mass is 16.2. The molecule has 0 unspecified atom stereocenters. The van der Waals surface area contributed by atoms with Crippen molar-refractivity contribution in [2.45, 2.75) is 40.0 Å². The smallest absolute Gasteiger partial charge is 0.321 e. The Morgan fingerprint density at radius 2 is 1.75 bits per heavy atom. The molecule has 0 spiro atoms. The quantitative estimate of drug-likeness (QED) is 0.885. The van der Waals surface area contributed by atoms with Crippen LogP contribution in [0.3, 0.4) is 0 Å². The summed E-state index contributed by atoms with van der Waals surface area (Å²) in [5, 5.41) is 5.95. The number of likely N-dealkylation sites (tertiary alicyclic amines) is 1. The van der Waals surface area contributed by atoms with Crippen LogP contribution >= 0.6 is 0 Å². The summed E-state index contributed by atoms with van der Waals surface area (Å²) in [6, 6.07) is 5.61. The fraction of sp³-hybridized carbons (Fsp3) is 0.579. The van der Waals surface area contributed by atoms with Crippen molar-refractivity contribution in [3.05, 3.63) is 23.8 Å². The van der Waals surface area contributed by atoms with E-state index in [2.05, 4.69) is 24.5 Å². The maximum atomic E-state index is 12.6. The summed E-state index contributed by atoms with van der Waals surface area (Å²) in [6.45, 7) is 7.94. The Hall–Kier alpha value is -2.04. The van der Waals surface area contributed by atoms with Crippen molar-refractivity contribution in [1.29, 1.82) is 0 Å². The van der Waals surface area contributed by atoms with Gasteiger partial charge in [-0.3, -0.25) is 4.79 Å². The van der Waals surface area contributed by atoms with Gasteiger partial charge in [-0.25, -0.2) is 4.79 Å². The molecule has 2 fully saturated rings. The second-order valence-corrected chi connectivity index (χ2v) is 7.57. The molecule has 0 radical (unpaired) electrons. The molecule has 5 nitrogen and oxygen atoms in total. The summed E-state index contributed by atoms with van der Waals surface area (Å²) in [7, 11) is 0. The minimum absolute atomic E-state index is 0.0535. The number of nitrogens with zero attached hydrogens (tertiary/aromatic N) is 1. The van der Waals surface area contributed by atoms with Gasteiger partial charge >= 0.3 is 6.03 Å². The predicted octanol–water partition coefficient (Wildman–Crippen LogP) is 3.85. The van der Waals surface area contributed by atoms with Gasteiger partial charge in [0.2, 0.25) is 5.91 Å². The lowest BCUT2D eigenvalue weighted by Gasteiger charge is -2.35. The van der Waals surface area contributed by atoms with Gasteiger partial charge in [0.25, 0.3) is 0 Å². The molecule has 2 aliphatic rings. The third-order valence-corrected chi connectivity index (χ3v) is 4.85. The first-order valence-electron chi connectivity index (χ1n) is 8.90. The van der Waals surface area contributed by atoms with E-state index in [1.807, 2.05) is 30.0 Å². The molecular weight excluding hydrogens is 302 g/mol. The van der Waals surface area contributed by atoms with Crippen LogP contribution in [0.4, 0.5) is 16.2 Å². The number of rotatable bonds is 3. The molecule has 2 N–H and O–H groups in total. The van der Waals surface area contributed by atoms with Gasteiger partial charge in [0.1, 0.15) is 0 Å². The summed E-state index contributed by atoms with van der Waals surface area (Å²) in [5.41, 5.74) is 2.50. The third kappa shape index (κ3) is 4.08. The van der Waals surface area contributed by atoms with Gasteiger partial charge in [0.15, 0.2) is 0 Å². The molecule has 1 aromatic carbocycles. The first-order valence-corrected chi connectivity index (χ1v) is 8.90. The number of anilines is 2. The van der Waals surface area contributed by atoms with E-state index in [0.717, 1.165) is 42.9 Å². The monoisotopic (exact) mass is 329 g/mol. The van der Waals surface area contributed by atoms with E-state index in [4.69, 9.17) is 0 Å². The number of aryl methyl sites for hydroxylation is 1. The topological polar surface area (TPSA) is 61.4 Å². The van der Waals surface area contributed by atoms with Crippen LogP contribution in [0, 0.1) is 24.7 Å². The van der Waals surface area contributed by atoms with Crippen molar-refractivity contribution in [3.8, 4) is 0 Å². The summed E-state index contributed by atoms with van der Waals surface area (Å²) >= 11 is 0. The molecule has 1 saturated carbocycles. The fourth-order valence-corrected chi connectivity index (χ4v) is 3.45. The molecule has 1 saturated heterocycles. The fourth-order valence-electron chi connectivity index (χ4n) is 3.45. The molecule has 0 aromatic heterocycles. The van der Waals surface area contributed by atoms with Gasteiger partial charge in [-0.05, 0) is 55.7 Å². The molecule has 0 bridgehead atoms. The van der Waals surface area contributed by atoms with Crippen LogP contribution in [-0.4, -0.2) is 29.9 Å². The van der Waals surface area contributed by atoms with Crippen LogP contribution < -0.4 is 10.6 Å². The van der Waals surface area contributed by atoms with Gasteiger partial charge in [-0.2, -0.15) is 0 Å². The number of hydrogen-bond donors (Lipinski definition) is 2. The first-order chi connectivity index (χ1) is 11.4. The van der Waals surface area contributed by atoms with E-state index in [-0.39, 0.29) is 17.9 Å². The second kappa shape index (κ2) is 6.83. The number of amides is 3. The van der Waals surface area contributed by atoms with Crippen LogP contribution in [-0.2, 0) is 4.79 Å². The molecule has 5 heteroatoms. The van der Waals surface area contributed by atoms with E-state index < -0.39 is 0 Å². The number of hydrogen-bond acceptors (Lipinski definition) is 2.